The first kappa shape index (κ1) is 19.4. The highest BCUT2D eigenvalue weighted by atomic mass is 35.5. The molecule has 0 aliphatic carbocycles. The third-order valence-corrected chi connectivity index (χ3v) is 5.91. The molecule has 1 fully saturated rings. The van der Waals surface area contributed by atoms with Crippen LogP contribution in [0.4, 0.5) is 0 Å². The lowest BCUT2D eigenvalue weighted by atomic mass is 10.1. The van der Waals surface area contributed by atoms with Crippen molar-refractivity contribution in [2.45, 2.75) is 4.90 Å². The lowest BCUT2D eigenvalue weighted by molar-refractivity contribution is 0.0535. The maximum atomic E-state index is 12.8. The maximum absolute atomic E-state index is 12.8. The van der Waals surface area contributed by atoms with Crippen LogP contribution in [0.3, 0.4) is 0 Å². The van der Waals surface area contributed by atoms with Gasteiger partial charge in [0.15, 0.2) is 9.84 Å². The van der Waals surface area contributed by atoms with Gasteiger partial charge in [0.1, 0.15) is 0 Å². The van der Waals surface area contributed by atoms with Gasteiger partial charge in [-0.2, -0.15) is 0 Å². The van der Waals surface area contributed by atoms with E-state index in [0.29, 0.717) is 31.7 Å². The van der Waals surface area contributed by atoms with Gasteiger partial charge < -0.3 is 9.80 Å². The molecular weight excluding hydrogens is 388 g/mol. The van der Waals surface area contributed by atoms with E-state index in [0.717, 1.165) is 6.26 Å². The summed E-state index contributed by atoms with van der Waals surface area (Å²) in [7, 11) is -3.44. The summed E-state index contributed by atoms with van der Waals surface area (Å²) >= 11 is 6.11. The summed E-state index contributed by atoms with van der Waals surface area (Å²) < 4.78 is 23.5. The number of carbonyl (C=O) groups is 2. The number of amides is 2. The number of benzene rings is 2. The lowest BCUT2D eigenvalue weighted by Crippen LogP contribution is -2.50. The summed E-state index contributed by atoms with van der Waals surface area (Å²) in [6.45, 7) is 1.53. The van der Waals surface area contributed by atoms with E-state index < -0.39 is 9.84 Å². The first-order chi connectivity index (χ1) is 12.8. The average molecular weight is 407 g/mol. The largest absolute Gasteiger partial charge is 0.335 e. The molecule has 0 spiro atoms. The van der Waals surface area contributed by atoms with Crippen molar-refractivity contribution in [2.75, 3.05) is 32.4 Å². The average Bonchev–Trinajstić information content (AvgIpc) is 2.67. The fraction of sp³-hybridized carbons (Fsp3) is 0.263. The van der Waals surface area contributed by atoms with Gasteiger partial charge in [0.05, 0.1) is 15.5 Å². The van der Waals surface area contributed by atoms with Gasteiger partial charge in [-0.3, -0.25) is 9.59 Å². The fourth-order valence-electron chi connectivity index (χ4n) is 2.95. The topological polar surface area (TPSA) is 74.8 Å². The fourth-order valence-corrected chi connectivity index (χ4v) is 3.79. The van der Waals surface area contributed by atoms with E-state index in [1.807, 2.05) is 18.2 Å². The standard InChI is InChI=1S/C19H19ClN2O4S/c1-27(25,26)15-7-8-17(20)16(13-15)19(24)22-11-9-21(10-12-22)18(23)14-5-3-2-4-6-14/h2-8,13H,9-12H2,1H3. The molecule has 0 atom stereocenters. The lowest BCUT2D eigenvalue weighted by Gasteiger charge is -2.35. The van der Waals surface area contributed by atoms with E-state index in [1.165, 1.54) is 18.2 Å². The van der Waals surface area contributed by atoms with E-state index in [1.54, 1.807) is 21.9 Å². The van der Waals surface area contributed by atoms with Gasteiger partial charge in [0, 0.05) is 38.0 Å². The molecule has 0 aromatic heterocycles. The van der Waals surface area contributed by atoms with Gasteiger partial charge in [-0.25, -0.2) is 8.42 Å². The van der Waals surface area contributed by atoms with E-state index in [9.17, 15) is 18.0 Å². The summed E-state index contributed by atoms with van der Waals surface area (Å²) in [5.74, 6) is -0.405. The molecule has 6 nitrogen and oxygen atoms in total. The Morgan fingerprint density at radius 3 is 2.00 bits per heavy atom. The van der Waals surface area contributed by atoms with Crippen LogP contribution in [0, 0.1) is 0 Å². The molecule has 0 N–H and O–H groups in total. The van der Waals surface area contributed by atoms with Crippen LogP contribution >= 0.6 is 11.6 Å². The smallest absolute Gasteiger partial charge is 0.255 e. The molecule has 1 aliphatic heterocycles. The van der Waals surface area contributed by atoms with Crippen LogP contribution in [0.5, 0.6) is 0 Å². The van der Waals surface area contributed by atoms with Crippen LogP contribution in [-0.2, 0) is 9.84 Å². The Morgan fingerprint density at radius 2 is 1.44 bits per heavy atom. The van der Waals surface area contributed by atoms with Crippen LogP contribution in [0.15, 0.2) is 53.4 Å². The number of sulfone groups is 1. The Labute approximate surface area is 163 Å². The van der Waals surface area contributed by atoms with Crippen molar-refractivity contribution in [3.63, 3.8) is 0 Å². The molecule has 2 amide bonds. The minimum absolute atomic E-state index is 0.0492. The molecule has 2 aromatic rings. The van der Waals surface area contributed by atoms with Crippen molar-refractivity contribution in [1.29, 1.82) is 0 Å². The van der Waals surface area contributed by atoms with Gasteiger partial charge in [0.2, 0.25) is 0 Å². The maximum Gasteiger partial charge on any atom is 0.255 e. The zero-order chi connectivity index (χ0) is 19.6. The Morgan fingerprint density at radius 1 is 0.889 bits per heavy atom. The van der Waals surface area contributed by atoms with E-state index >= 15 is 0 Å². The highest BCUT2D eigenvalue weighted by molar-refractivity contribution is 7.90. The summed E-state index contributed by atoms with van der Waals surface area (Å²) in [5.41, 5.74) is 0.767. The second-order valence-electron chi connectivity index (χ2n) is 6.36. The normalized spacial score (nSPS) is 14.9. The van der Waals surface area contributed by atoms with Crippen molar-refractivity contribution < 1.29 is 18.0 Å². The number of hydrogen-bond donors (Lipinski definition) is 0. The molecule has 1 aliphatic rings. The molecule has 0 unspecified atom stereocenters. The van der Waals surface area contributed by atoms with Crippen molar-refractivity contribution in [3.05, 3.63) is 64.7 Å². The third kappa shape index (κ3) is 4.31. The first-order valence-corrected chi connectivity index (χ1v) is 10.7. The zero-order valence-corrected chi connectivity index (χ0v) is 16.3. The Kier molecular flexibility index (Phi) is 5.53. The summed E-state index contributed by atoms with van der Waals surface area (Å²) in [4.78, 5) is 28.6. The Bertz CT molecular complexity index is 968. The zero-order valence-electron chi connectivity index (χ0n) is 14.8. The van der Waals surface area contributed by atoms with Gasteiger partial charge in [-0.05, 0) is 30.3 Å². The highest BCUT2D eigenvalue weighted by Gasteiger charge is 2.27. The number of hydrogen-bond acceptors (Lipinski definition) is 4. The third-order valence-electron chi connectivity index (χ3n) is 4.47. The van der Waals surface area contributed by atoms with Crippen molar-refractivity contribution in [3.8, 4) is 0 Å². The molecular formula is C19H19ClN2O4S. The molecule has 0 radical (unpaired) electrons. The molecule has 0 saturated carbocycles. The number of rotatable bonds is 3. The molecule has 0 bridgehead atoms. The molecule has 1 heterocycles. The van der Waals surface area contributed by atoms with Crippen LogP contribution in [-0.4, -0.2) is 62.5 Å². The predicted octanol–water partition coefficient (Wildman–Crippen LogP) is 2.34. The summed E-state index contributed by atoms with van der Waals surface area (Å²) in [5, 5.41) is 0.204. The van der Waals surface area contributed by atoms with Gasteiger partial charge >= 0.3 is 0 Å². The SMILES string of the molecule is CS(=O)(=O)c1ccc(Cl)c(C(=O)N2CCN(C(=O)c3ccccc3)CC2)c1. The van der Waals surface area contributed by atoms with Crippen LogP contribution in [0.25, 0.3) is 0 Å². The van der Waals surface area contributed by atoms with Crippen LogP contribution < -0.4 is 0 Å². The van der Waals surface area contributed by atoms with Gasteiger partial charge in [0.25, 0.3) is 11.8 Å². The molecule has 1 saturated heterocycles. The van der Waals surface area contributed by atoms with Crippen LogP contribution in [0.1, 0.15) is 20.7 Å². The molecule has 27 heavy (non-hydrogen) atoms. The predicted molar refractivity (Wildman–Crippen MR) is 103 cm³/mol. The van der Waals surface area contributed by atoms with Gasteiger partial charge in [-0.15, -0.1) is 0 Å². The number of carbonyl (C=O) groups excluding carboxylic acids is 2. The molecule has 8 heteroatoms. The first-order valence-electron chi connectivity index (χ1n) is 8.40. The quantitative estimate of drug-likeness (QED) is 0.784. The van der Waals surface area contributed by atoms with E-state index in [-0.39, 0.29) is 27.3 Å². The minimum atomic E-state index is -3.44. The number of halogens is 1. The van der Waals surface area contributed by atoms with Crippen LogP contribution in [0.2, 0.25) is 5.02 Å². The second-order valence-corrected chi connectivity index (χ2v) is 8.79. The molecule has 142 valence electrons. The second kappa shape index (κ2) is 7.70. The molecule has 3 rings (SSSR count). The van der Waals surface area contributed by atoms with Crippen molar-refractivity contribution >= 4 is 33.3 Å². The van der Waals surface area contributed by atoms with Crippen molar-refractivity contribution in [1.82, 2.24) is 9.80 Å². The van der Waals surface area contributed by atoms with E-state index in [4.69, 9.17) is 11.6 Å². The van der Waals surface area contributed by atoms with Gasteiger partial charge in [-0.1, -0.05) is 29.8 Å². The molecule has 2 aromatic carbocycles. The Balaban J connectivity index is 1.71. The summed E-state index contributed by atoms with van der Waals surface area (Å²) in [6.07, 6.45) is 1.08. The Hall–Kier alpha value is -2.38. The minimum Gasteiger partial charge on any atom is -0.335 e. The summed E-state index contributed by atoms with van der Waals surface area (Å²) in [6, 6.07) is 13.1. The van der Waals surface area contributed by atoms with E-state index in [2.05, 4.69) is 0 Å². The monoisotopic (exact) mass is 406 g/mol. The number of nitrogens with zero attached hydrogens (tertiary/aromatic N) is 2. The number of piperazine rings is 1. The van der Waals surface area contributed by atoms with Crippen molar-refractivity contribution in [2.24, 2.45) is 0 Å². The highest BCUT2D eigenvalue weighted by Crippen LogP contribution is 2.23.